The van der Waals surface area contributed by atoms with Crippen LogP contribution in [-0.4, -0.2) is 32.8 Å². The Morgan fingerprint density at radius 3 is 1.39 bits per heavy atom. The van der Waals surface area contributed by atoms with Crippen molar-refractivity contribution < 1.29 is 0 Å². The van der Waals surface area contributed by atoms with Crippen LogP contribution in [0, 0.1) is 34.6 Å². The fourth-order valence-electron chi connectivity index (χ4n) is 7.63. The zero-order valence-corrected chi connectivity index (χ0v) is 39.7. The molecule has 6 rings (SSSR count). The van der Waals surface area contributed by atoms with Gasteiger partial charge in [0, 0.05) is 0 Å². The van der Waals surface area contributed by atoms with Crippen LogP contribution in [0.5, 0.6) is 0 Å². The van der Waals surface area contributed by atoms with Crippen molar-refractivity contribution in [1.82, 2.24) is 9.97 Å². The van der Waals surface area contributed by atoms with Gasteiger partial charge in [-0.25, -0.2) is 9.97 Å². The lowest BCUT2D eigenvalue weighted by atomic mass is 9.86. The van der Waals surface area contributed by atoms with Crippen molar-refractivity contribution in [3.05, 3.63) is 176 Å². The van der Waals surface area contributed by atoms with Crippen LogP contribution in [0.3, 0.4) is 0 Å². The van der Waals surface area contributed by atoms with E-state index >= 15 is 0 Å². The smallest absolute Gasteiger partial charge is 0.0849 e. The summed E-state index contributed by atoms with van der Waals surface area (Å²) in [5.41, 5.74) is 21.8. The summed E-state index contributed by atoms with van der Waals surface area (Å²) in [7, 11) is 0. The van der Waals surface area contributed by atoms with E-state index in [2.05, 4.69) is 143 Å². The molecule has 0 fully saturated rings. The molecule has 2 heterocycles. The van der Waals surface area contributed by atoms with Crippen LogP contribution in [-0.2, 0) is 17.3 Å². The Hall–Kier alpha value is -6.14. The molecule has 0 saturated heterocycles. The number of aliphatic imine (C=N–C) groups is 4. The molecular formula is C56H64N6. The van der Waals surface area contributed by atoms with Crippen LogP contribution in [0.1, 0.15) is 142 Å². The van der Waals surface area contributed by atoms with Gasteiger partial charge < -0.3 is 0 Å². The SMILES string of the molecule is CC(=Nc1ccc(C(C)(C)C)cc1)c1cccc(C(C)=Nc2c(C)cc(Cc3cc(C)c(N=C(C)c4cccc(C(C)=Nc5ccc(C(C)(C)C)cc5C)n4)cc3C)cc2C)n1. The maximum absolute atomic E-state index is 5.12. The zero-order valence-electron chi connectivity index (χ0n) is 39.7. The van der Waals surface area contributed by atoms with Crippen LogP contribution in [0.2, 0.25) is 0 Å². The molecule has 0 radical (unpaired) electrons. The van der Waals surface area contributed by atoms with E-state index in [4.69, 9.17) is 29.9 Å². The largest absolute Gasteiger partial charge is 0.252 e. The second-order valence-corrected chi connectivity index (χ2v) is 19.0. The summed E-state index contributed by atoms with van der Waals surface area (Å²) in [5, 5.41) is 0. The second kappa shape index (κ2) is 18.5. The van der Waals surface area contributed by atoms with E-state index < -0.39 is 0 Å². The molecule has 62 heavy (non-hydrogen) atoms. The van der Waals surface area contributed by atoms with Crippen molar-refractivity contribution >= 4 is 45.6 Å². The normalized spacial score (nSPS) is 13.2. The minimum Gasteiger partial charge on any atom is -0.252 e. The van der Waals surface area contributed by atoms with Crippen molar-refractivity contribution in [2.75, 3.05) is 0 Å². The first-order chi connectivity index (χ1) is 29.2. The molecule has 6 nitrogen and oxygen atoms in total. The number of nitrogens with zero attached hydrogens (tertiary/aromatic N) is 6. The fraction of sp³-hybridized carbons (Fsp3) is 0.321. The maximum Gasteiger partial charge on any atom is 0.0849 e. The van der Waals surface area contributed by atoms with Crippen LogP contribution < -0.4 is 0 Å². The van der Waals surface area contributed by atoms with Crippen LogP contribution >= 0.6 is 0 Å². The predicted octanol–water partition coefficient (Wildman–Crippen LogP) is 14.8. The van der Waals surface area contributed by atoms with Gasteiger partial charge in [-0.05, 0) is 178 Å². The number of benzene rings is 4. The van der Waals surface area contributed by atoms with Gasteiger partial charge in [-0.3, -0.25) is 20.0 Å². The molecule has 0 N–H and O–H groups in total. The molecule has 0 aliphatic heterocycles. The Balaban J connectivity index is 1.17. The number of pyridine rings is 2. The van der Waals surface area contributed by atoms with E-state index in [0.29, 0.717) is 0 Å². The Morgan fingerprint density at radius 2 is 0.887 bits per heavy atom. The lowest BCUT2D eigenvalue weighted by molar-refractivity contribution is 0.589. The number of aryl methyl sites for hydroxylation is 5. The minimum atomic E-state index is 0.0950. The second-order valence-electron chi connectivity index (χ2n) is 19.0. The van der Waals surface area contributed by atoms with E-state index in [1.165, 1.54) is 27.8 Å². The van der Waals surface area contributed by atoms with Gasteiger partial charge in [0.15, 0.2) is 0 Å². The molecule has 0 atom stereocenters. The first kappa shape index (κ1) is 45.4. The summed E-state index contributed by atoms with van der Waals surface area (Å²) in [4.78, 5) is 30.0. The Kier molecular flexibility index (Phi) is 13.5. The van der Waals surface area contributed by atoms with Gasteiger partial charge >= 0.3 is 0 Å². The average Bonchev–Trinajstić information content (AvgIpc) is 3.21. The first-order valence-electron chi connectivity index (χ1n) is 21.7. The highest BCUT2D eigenvalue weighted by Crippen LogP contribution is 2.32. The highest BCUT2D eigenvalue weighted by atomic mass is 14.8. The molecule has 0 aliphatic carbocycles. The van der Waals surface area contributed by atoms with Crippen LogP contribution in [0.15, 0.2) is 123 Å². The molecule has 4 aromatic carbocycles. The highest BCUT2D eigenvalue weighted by molar-refractivity contribution is 6.03. The van der Waals surface area contributed by atoms with Crippen molar-refractivity contribution in [2.24, 2.45) is 20.0 Å². The van der Waals surface area contributed by atoms with Gasteiger partial charge in [-0.1, -0.05) is 96.1 Å². The summed E-state index contributed by atoms with van der Waals surface area (Å²) in [6.45, 7) is 32.2. The van der Waals surface area contributed by atoms with Gasteiger partial charge in [0.05, 0.1) is 68.4 Å². The molecule has 2 aromatic heterocycles. The third-order valence-corrected chi connectivity index (χ3v) is 11.5. The summed E-state index contributed by atoms with van der Waals surface area (Å²) >= 11 is 0. The monoisotopic (exact) mass is 821 g/mol. The molecule has 0 amide bonds. The lowest BCUT2D eigenvalue weighted by Crippen LogP contribution is -2.11. The molecule has 0 saturated carbocycles. The summed E-state index contributed by atoms with van der Waals surface area (Å²) in [6, 6.07) is 36.2. The first-order valence-corrected chi connectivity index (χ1v) is 21.7. The Morgan fingerprint density at radius 1 is 0.435 bits per heavy atom. The van der Waals surface area contributed by atoms with Gasteiger partial charge in [0.2, 0.25) is 0 Å². The molecule has 0 bridgehead atoms. The zero-order chi connectivity index (χ0) is 45.1. The van der Waals surface area contributed by atoms with E-state index in [0.717, 1.165) is 97.0 Å². The molecular weight excluding hydrogens is 757 g/mol. The summed E-state index contributed by atoms with van der Waals surface area (Å²) < 4.78 is 0. The topological polar surface area (TPSA) is 75.2 Å². The van der Waals surface area contributed by atoms with Crippen molar-refractivity contribution in [2.45, 2.75) is 121 Å². The number of hydrogen-bond donors (Lipinski definition) is 0. The highest BCUT2D eigenvalue weighted by Gasteiger charge is 2.16. The molecule has 6 heteroatoms. The molecule has 0 unspecified atom stereocenters. The number of aromatic nitrogens is 2. The number of rotatable bonds is 10. The van der Waals surface area contributed by atoms with Gasteiger partial charge in [-0.2, -0.15) is 0 Å². The maximum atomic E-state index is 5.12. The van der Waals surface area contributed by atoms with Crippen molar-refractivity contribution in [3.8, 4) is 0 Å². The standard InChI is InChI=1S/C56H64N6/c1-34-32-53(59-41(8)51-20-17-19-50(62-51)40(7)58-48-27-24-46(31-36(48)3)56(13,14)15)35(2)30-44(34)33-43-28-37(4)54(38(5)29-43)60-42(9)52-21-16-18-49(61-52)39(6)57-47-25-22-45(23-26-47)55(10,11)12/h16-32H,33H2,1-15H3. The van der Waals surface area contributed by atoms with Crippen LogP contribution in [0.25, 0.3) is 0 Å². The summed E-state index contributed by atoms with van der Waals surface area (Å²) in [6.07, 6.45) is 0.821. The number of hydrogen-bond acceptors (Lipinski definition) is 6. The predicted molar refractivity (Wildman–Crippen MR) is 266 cm³/mol. The van der Waals surface area contributed by atoms with Crippen molar-refractivity contribution in [1.29, 1.82) is 0 Å². The van der Waals surface area contributed by atoms with Crippen molar-refractivity contribution in [3.63, 3.8) is 0 Å². The van der Waals surface area contributed by atoms with E-state index in [1.807, 2.05) is 64.1 Å². The fourth-order valence-corrected chi connectivity index (χ4v) is 7.63. The Bertz CT molecular complexity index is 2720. The molecule has 318 valence electrons. The van der Waals surface area contributed by atoms with Gasteiger partial charge in [0.1, 0.15) is 0 Å². The third-order valence-electron chi connectivity index (χ3n) is 11.5. The average molecular weight is 821 g/mol. The van der Waals surface area contributed by atoms with Crippen LogP contribution in [0.4, 0.5) is 22.7 Å². The lowest BCUT2D eigenvalue weighted by Gasteiger charge is -2.20. The summed E-state index contributed by atoms with van der Waals surface area (Å²) in [5.74, 6) is 0. The third kappa shape index (κ3) is 11.0. The van der Waals surface area contributed by atoms with E-state index in [-0.39, 0.29) is 10.8 Å². The molecule has 0 aliphatic rings. The van der Waals surface area contributed by atoms with E-state index in [9.17, 15) is 0 Å². The molecule has 6 aromatic rings. The van der Waals surface area contributed by atoms with Gasteiger partial charge in [-0.15, -0.1) is 0 Å². The van der Waals surface area contributed by atoms with E-state index in [1.54, 1.807) is 0 Å². The molecule has 0 spiro atoms. The quantitative estimate of drug-likeness (QED) is 0.129. The van der Waals surface area contributed by atoms with Gasteiger partial charge in [0.25, 0.3) is 0 Å². The minimum absolute atomic E-state index is 0.0950. The Labute approximate surface area is 371 Å².